The van der Waals surface area contributed by atoms with Crippen LogP contribution in [0.5, 0.6) is 0 Å². The Hall–Kier alpha value is -3.80. The smallest absolute Gasteiger partial charge is 0.255 e. The first kappa shape index (κ1) is 23.4. The molecule has 1 aromatic heterocycles. The van der Waals surface area contributed by atoms with Crippen molar-refractivity contribution in [1.29, 1.82) is 10.8 Å². The predicted octanol–water partition coefficient (Wildman–Crippen LogP) is 5.43. The Morgan fingerprint density at radius 3 is 2.47 bits per heavy atom. The van der Waals surface area contributed by atoms with Crippen LogP contribution in [0.4, 0.5) is 5.69 Å². The number of pyridine rings is 1. The number of nitrogens with one attached hydrogen (secondary N) is 3. The SMILES string of the molecule is CC(=N)n1cc(-c2ccc(C)cc2)cc(C(=O)NCCC2=Nc3ccccc3C(C)C2C)c1=N. The Morgan fingerprint density at radius 1 is 1.06 bits per heavy atom. The third-order valence-corrected chi connectivity index (χ3v) is 6.69. The summed E-state index contributed by atoms with van der Waals surface area (Å²) in [5.74, 6) is 0.545. The zero-order chi connectivity index (χ0) is 24.4. The fraction of sp³-hybridized carbons (Fsp3) is 0.286. The number of aliphatic imine (C=N–C) groups is 1. The van der Waals surface area contributed by atoms with E-state index in [1.807, 2.05) is 49.4 Å². The molecule has 0 aliphatic carbocycles. The summed E-state index contributed by atoms with van der Waals surface area (Å²) in [4.78, 5) is 18.0. The molecular formula is C28H31N5O. The molecule has 2 atom stereocenters. The second-order valence-electron chi connectivity index (χ2n) is 9.06. The number of aromatic nitrogens is 1. The molecule has 2 aromatic carbocycles. The Balaban J connectivity index is 1.55. The molecule has 6 heteroatoms. The van der Waals surface area contributed by atoms with E-state index in [9.17, 15) is 4.79 Å². The van der Waals surface area contributed by atoms with Crippen LogP contribution in [0, 0.1) is 23.7 Å². The molecule has 1 aliphatic rings. The van der Waals surface area contributed by atoms with Gasteiger partial charge in [-0.25, -0.2) is 0 Å². The summed E-state index contributed by atoms with van der Waals surface area (Å²) < 4.78 is 1.44. The quantitative estimate of drug-likeness (QED) is 0.348. The highest BCUT2D eigenvalue weighted by molar-refractivity contribution is 5.97. The lowest BCUT2D eigenvalue weighted by molar-refractivity contribution is 0.0952. The van der Waals surface area contributed by atoms with Gasteiger partial charge in [-0.1, -0.05) is 61.9 Å². The summed E-state index contributed by atoms with van der Waals surface area (Å²) in [6, 6.07) is 18.0. The van der Waals surface area contributed by atoms with Gasteiger partial charge in [-0.3, -0.25) is 25.2 Å². The number of hydrogen-bond donors (Lipinski definition) is 3. The molecule has 0 radical (unpaired) electrons. The monoisotopic (exact) mass is 453 g/mol. The summed E-state index contributed by atoms with van der Waals surface area (Å²) >= 11 is 0. The van der Waals surface area contributed by atoms with E-state index in [1.54, 1.807) is 19.2 Å². The van der Waals surface area contributed by atoms with Gasteiger partial charge >= 0.3 is 0 Å². The maximum absolute atomic E-state index is 13.1. The molecule has 0 spiro atoms. The molecule has 6 nitrogen and oxygen atoms in total. The molecule has 2 unspecified atom stereocenters. The molecule has 1 amide bonds. The fourth-order valence-corrected chi connectivity index (χ4v) is 4.41. The molecule has 174 valence electrons. The summed E-state index contributed by atoms with van der Waals surface area (Å²) in [6.45, 7) is 8.48. The first-order valence-electron chi connectivity index (χ1n) is 11.6. The first-order chi connectivity index (χ1) is 16.3. The standard InChI is InChI=1S/C28H31N5O/c1-17-9-11-21(12-10-17)22-15-24(27(30)33(16-22)20(4)29)28(34)31-14-13-25-19(3)18(2)23-7-5-6-8-26(23)32-25/h5-12,15-16,18-19,29-30H,13-14H2,1-4H3,(H,31,34). The fourth-order valence-electron chi connectivity index (χ4n) is 4.41. The maximum Gasteiger partial charge on any atom is 0.255 e. The highest BCUT2D eigenvalue weighted by Gasteiger charge is 2.26. The largest absolute Gasteiger partial charge is 0.352 e. The minimum Gasteiger partial charge on any atom is -0.352 e. The molecule has 4 rings (SSSR count). The van der Waals surface area contributed by atoms with E-state index in [4.69, 9.17) is 15.8 Å². The molecule has 0 fully saturated rings. The highest BCUT2D eigenvalue weighted by Crippen LogP contribution is 2.38. The molecule has 2 heterocycles. The molecule has 34 heavy (non-hydrogen) atoms. The zero-order valence-electron chi connectivity index (χ0n) is 20.1. The van der Waals surface area contributed by atoms with Crippen molar-refractivity contribution in [2.45, 2.75) is 40.0 Å². The minimum absolute atomic E-state index is 0.00628. The van der Waals surface area contributed by atoms with Gasteiger partial charge < -0.3 is 5.32 Å². The van der Waals surface area contributed by atoms with Gasteiger partial charge in [0.05, 0.1) is 11.3 Å². The lowest BCUT2D eigenvalue weighted by Crippen LogP contribution is -2.36. The van der Waals surface area contributed by atoms with Gasteiger partial charge in [-0.2, -0.15) is 0 Å². The van der Waals surface area contributed by atoms with Crippen molar-refractivity contribution in [2.24, 2.45) is 10.9 Å². The Kier molecular flexibility index (Phi) is 6.59. The van der Waals surface area contributed by atoms with Gasteiger partial charge in [-0.05, 0) is 48.6 Å². The molecule has 3 N–H and O–H groups in total. The average Bonchev–Trinajstić information content (AvgIpc) is 2.82. The van der Waals surface area contributed by atoms with Crippen molar-refractivity contribution in [2.75, 3.05) is 6.54 Å². The van der Waals surface area contributed by atoms with Crippen LogP contribution in [0.1, 0.15) is 54.6 Å². The van der Waals surface area contributed by atoms with Crippen molar-refractivity contribution in [3.8, 4) is 11.1 Å². The molecule has 1 aliphatic heterocycles. The zero-order valence-corrected chi connectivity index (χ0v) is 20.1. The van der Waals surface area contributed by atoms with Gasteiger partial charge in [0.2, 0.25) is 0 Å². The van der Waals surface area contributed by atoms with Crippen molar-refractivity contribution >= 4 is 23.1 Å². The van der Waals surface area contributed by atoms with E-state index in [0.29, 0.717) is 24.8 Å². The van der Waals surface area contributed by atoms with Crippen LogP contribution >= 0.6 is 0 Å². The van der Waals surface area contributed by atoms with E-state index in [2.05, 4.69) is 25.2 Å². The predicted molar refractivity (Wildman–Crippen MR) is 137 cm³/mol. The van der Waals surface area contributed by atoms with Crippen molar-refractivity contribution < 1.29 is 4.79 Å². The van der Waals surface area contributed by atoms with Crippen LogP contribution in [0.3, 0.4) is 0 Å². The molecule has 0 bridgehead atoms. The van der Waals surface area contributed by atoms with E-state index in [0.717, 1.165) is 28.1 Å². The van der Waals surface area contributed by atoms with E-state index >= 15 is 0 Å². The molecule has 0 saturated heterocycles. The Bertz CT molecular complexity index is 1330. The summed E-state index contributed by atoms with van der Waals surface area (Å²) in [5.41, 5.74) is 6.49. The van der Waals surface area contributed by atoms with Crippen LogP contribution in [0.2, 0.25) is 0 Å². The van der Waals surface area contributed by atoms with Gasteiger partial charge in [0.1, 0.15) is 11.3 Å². The van der Waals surface area contributed by atoms with E-state index in [1.165, 1.54) is 10.1 Å². The number of nitrogens with zero attached hydrogens (tertiary/aromatic N) is 2. The third-order valence-electron chi connectivity index (χ3n) is 6.69. The number of fused-ring (bicyclic) bond motifs is 1. The molecule has 0 saturated carbocycles. The number of carbonyl (C=O) groups is 1. The maximum atomic E-state index is 13.1. The average molecular weight is 454 g/mol. The number of benzene rings is 2. The normalized spacial score (nSPS) is 17.0. The van der Waals surface area contributed by atoms with Gasteiger partial charge in [0.25, 0.3) is 5.91 Å². The summed E-state index contributed by atoms with van der Waals surface area (Å²) in [7, 11) is 0. The number of para-hydroxylation sites is 1. The number of amides is 1. The van der Waals surface area contributed by atoms with E-state index < -0.39 is 0 Å². The lowest BCUT2D eigenvalue weighted by atomic mass is 9.81. The summed E-state index contributed by atoms with van der Waals surface area (Å²) in [5, 5.41) is 19.6. The number of carbonyl (C=O) groups excluding carboxylic acids is 1. The number of rotatable bonds is 5. The number of hydrogen-bond acceptors (Lipinski definition) is 4. The third kappa shape index (κ3) is 4.62. The van der Waals surface area contributed by atoms with Crippen LogP contribution in [0.25, 0.3) is 11.1 Å². The van der Waals surface area contributed by atoms with Crippen molar-refractivity contribution in [3.63, 3.8) is 0 Å². The van der Waals surface area contributed by atoms with Gasteiger partial charge in [-0.15, -0.1) is 0 Å². The van der Waals surface area contributed by atoms with Crippen molar-refractivity contribution in [3.05, 3.63) is 83.0 Å². The second kappa shape index (κ2) is 9.59. The molecule has 3 aromatic rings. The van der Waals surface area contributed by atoms with Crippen LogP contribution < -0.4 is 10.8 Å². The highest BCUT2D eigenvalue weighted by atomic mass is 16.1. The van der Waals surface area contributed by atoms with Crippen LogP contribution in [-0.4, -0.2) is 28.6 Å². The van der Waals surface area contributed by atoms with Gasteiger partial charge in [0.15, 0.2) is 0 Å². The minimum atomic E-state index is -0.313. The molecular weight excluding hydrogens is 422 g/mol. The number of aryl methyl sites for hydroxylation is 1. The lowest BCUT2D eigenvalue weighted by Gasteiger charge is -2.28. The first-order valence-corrected chi connectivity index (χ1v) is 11.6. The van der Waals surface area contributed by atoms with Crippen LogP contribution in [-0.2, 0) is 0 Å². The Labute approximate surface area is 200 Å². The second-order valence-corrected chi connectivity index (χ2v) is 9.06. The Morgan fingerprint density at radius 2 is 1.76 bits per heavy atom. The van der Waals surface area contributed by atoms with Crippen LogP contribution in [0.15, 0.2) is 65.8 Å². The van der Waals surface area contributed by atoms with Gasteiger partial charge in [0, 0.05) is 30.8 Å². The van der Waals surface area contributed by atoms with Crippen molar-refractivity contribution in [1.82, 2.24) is 9.88 Å². The topological polar surface area (TPSA) is 94.1 Å². The summed E-state index contributed by atoms with van der Waals surface area (Å²) in [6.07, 6.45) is 2.39. The van der Waals surface area contributed by atoms with E-state index in [-0.39, 0.29) is 22.8 Å².